The molecule has 1 amide bonds. The Balaban J connectivity index is 1.69. The van der Waals surface area contributed by atoms with Crippen LogP contribution in [0.2, 0.25) is 0 Å². The number of rotatable bonds is 7. The van der Waals surface area contributed by atoms with E-state index in [0.29, 0.717) is 27.4 Å². The Bertz CT molecular complexity index is 1230. The van der Waals surface area contributed by atoms with Gasteiger partial charge in [0.2, 0.25) is 5.91 Å². The molecule has 1 aromatic carbocycles. The molecule has 1 unspecified atom stereocenters. The first-order valence-corrected chi connectivity index (χ1v) is 12.4. The zero-order valence-corrected chi connectivity index (χ0v) is 20.5. The first-order valence-electron chi connectivity index (χ1n) is 11.5. The van der Waals surface area contributed by atoms with Gasteiger partial charge in [-0.3, -0.25) is 14.2 Å². The van der Waals surface area contributed by atoms with Crippen LogP contribution in [0.1, 0.15) is 55.1 Å². The average Bonchev–Trinajstić information content (AvgIpc) is 3.38. The number of carbonyl (C=O) groups is 2. The van der Waals surface area contributed by atoms with Gasteiger partial charge in [-0.15, -0.1) is 0 Å². The lowest BCUT2D eigenvalue weighted by Gasteiger charge is -2.32. The maximum absolute atomic E-state index is 13.4. The van der Waals surface area contributed by atoms with E-state index in [1.165, 1.54) is 29.9 Å². The van der Waals surface area contributed by atoms with E-state index in [-0.39, 0.29) is 24.1 Å². The summed E-state index contributed by atoms with van der Waals surface area (Å²) in [5.74, 6) is 0.115. The number of ether oxygens (including phenoxy) is 1. The highest BCUT2D eigenvalue weighted by Gasteiger charge is 2.27. The van der Waals surface area contributed by atoms with E-state index in [9.17, 15) is 14.4 Å². The Kier molecular flexibility index (Phi) is 7.41. The van der Waals surface area contributed by atoms with Gasteiger partial charge in [0.25, 0.3) is 5.56 Å². The summed E-state index contributed by atoms with van der Waals surface area (Å²) < 4.78 is 11.8. The summed E-state index contributed by atoms with van der Waals surface area (Å²) in [6, 6.07) is 8.47. The summed E-state index contributed by atoms with van der Waals surface area (Å²) in [5.41, 5.74) is 0.426. The second-order valence-electron chi connectivity index (χ2n) is 8.59. The first-order chi connectivity index (χ1) is 16.4. The Morgan fingerprint density at radius 2 is 2.03 bits per heavy atom. The van der Waals surface area contributed by atoms with Gasteiger partial charge in [0.05, 0.1) is 41.6 Å². The van der Waals surface area contributed by atoms with Crippen molar-refractivity contribution in [3.63, 3.8) is 0 Å². The van der Waals surface area contributed by atoms with Crippen LogP contribution >= 0.6 is 11.8 Å². The van der Waals surface area contributed by atoms with E-state index < -0.39 is 11.2 Å². The van der Waals surface area contributed by atoms with Gasteiger partial charge in [0.15, 0.2) is 5.16 Å². The van der Waals surface area contributed by atoms with Gasteiger partial charge >= 0.3 is 5.97 Å². The number of methoxy groups -OCH3 is 1. The van der Waals surface area contributed by atoms with Crippen molar-refractivity contribution in [2.24, 2.45) is 0 Å². The van der Waals surface area contributed by atoms with Gasteiger partial charge in [0, 0.05) is 13.1 Å². The molecule has 0 bridgehead atoms. The number of carbonyl (C=O) groups excluding carboxylic acids is 2. The van der Waals surface area contributed by atoms with Crippen LogP contribution < -0.4 is 5.56 Å². The molecule has 0 saturated heterocycles. The van der Waals surface area contributed by atoms with Crippen LogP contribution in [0.15, 0.2) is 51.0 Å². The van der Waals surface area contributed by atoms with Crippen LogP contribution in [0.5, 0.6) is 0 Å². The van der Waals surface area contributed by atoms with Crippen molar-refractivity contribution in [1.82, 2.24) is 14.5 Å². The van der Waals surface area contributed by atoms with Crippen molar-refractivity contribution in [2.45, 2.75) is 62.0 Å². The van der Waals surface area contributed by atoms with Crippen molar-refractivity contribution in [1.29, 1.82) is 0 Å². The maximum atomic E-state index is 13.4. The minimum absolute atomic E-state index is 0.0131. The molecular weight excluding hydrogens is 454 g/mol. The van der Waals surface area contributed by atoms with E-state index >= 15 is 0 Å². The number of fused-ring (bicyclic) bond motifs is 1. The molecule has 1 atom stereocenters. The SMILES string of the molecule is COC(=O)c1ccc2c(=O)n(Cc3ccco3)c(SC(C)C(=O)N(C)C3CCCCC3)nc2c1. The monoisotopic (exact) mass is 483 g/mol. The van der Waals surface area contributed by atoms with Gasteiger partial charge < -0.3 is 14.1 Å². The average molecular weight is 484 g/mol. The molecule has 1 saturated carbocycles. The number of aromatic nitrogens is 2. The fourth-order valence-corrected chi connectivity index (χ4v) is 5.39. The van der Waals surface area contributed by atoms with Gasteiger partial charge in [-0.05, 0) is 50.1 Å². The van der Waals surface area contributed by atoms with Crippen LogP contribution in [0.25, 0.3) is 10.9 Å². The number of amides is 1. The van der Waals surface area contributed by atoms with Gasteiger partial charge in [-0.2, -0.15) is 0 Å². The van der Waals surface area contributed by atoms with Gasteiger partial charge in [-0.1, -0.05) is 31.0 Å². The summed E-state index contributed by atoms with van der Waals surface area (Å²) in [6.45, 7) is 2.03. The number of benzene rings is 1. The quantitative estimate of drug-likeness (QED) is 0.284. The number of hydrogen-bond acceptors (Lipinski definition) is 7. The lowest BCUT2D eigenvalue weighted by molar-refractivity contribution is -0.131. The molecule has 180 valence electrons. The van der Waals surface area contributed by atoms with Crippen LogP contribution in [0.4, 0.5) is 0 Å². The smallest absolute Gasteiger partial charge is 0.337 e. The zero-order valence-electron chi connectivity index (χ0n) is 19.7. The molecule has 0 aliphatic heterocycles. The number of thioether (sulfide) groups is 1. The third-order valence-electron chi connectivity index (χ3n) is 6.34. The van der Waals surface area contributed by atoms with Crippen LogP contribution in [-0.4, -0.2) is 51.8 Å². The second kappa shape index (κ2) is 10.5. The molecule has 9 heteroatoms. The van der Waals surface area contributed by atoms with Crippen molar-refractivity contribution in [2.75, 3.05) is 14.2 Å². The molecule has 34 heavy (non-hydrogen) atoms. The van der Waals surface area contributed by atoms with Crippen molar-refractivity contribution < 1.29 is 18.7 Å². The Morgan fingerprint density at radius 3 is 2.71 bits per heavy atom. The standard InChI is InChI=1S/C25H29N3O5S/c1-16(22(29)27(2)18-8-5-4-6-9-18)34-25-26-21-14-17(24(31)32-3)11-12-20(21)23(30)28(25)15-19-10-7-13-33-19/h7,10-14,16,18H,4-6,8-9,15H2,1-3H3. The largest absolute Gasteiger partial charge is 0.467 e. The van der Waals surface area contributed by atoms with Crippen molar-refractivity contribution in [3.8, 4) is 0 Å². The third kappa shape index (κ3) is 5.04. The highest BCUT2D eigenvalue weighted by Crippen LogP contribution is 2.28. The van der Waals surface area contributed by atoms with Gasteiger partial charge in [0.1, 0.15) is 5.76 Å². The van der Waals surface area contributed by atoms with Crippen LogP contribution in [-0.2, 0) is 16.1 Å². The summed E-state index contributed by atoms with van der Waals surface area (Å²) >= 11 is 1.24. The Hall–Kier alpha value is -3.07. The topological polar surface area (TPSA) is 94.6 Å². The Morgan fingerprint density at radius 1 is 1.26 bits per heavy atom. The summed E-state index contributed by atoms with van der Waals surface area (Å²) in [5, 5.41) is 0.332. The lowest BCUT2D eigenvalue weighted by Crippen LogP contribution is -2.42. The number of esters is 1. The van der Waals surface area contributed by atoms with E-state index in [4.69, 9.17) is 14.1 Å². The van der Waals surface area contributed by atoms with E-state index in [1.54, 1.807) is 36.6 Å². The zero-order chi connectivity index (χ0) is 24.2. The minimum Gasteiger partial charge on any atom is -0.467 e. The summed E-state index contributed by atoms with van der Waals surface area (Å²) in [4.78, 5) is 45.2. The number of hydrogen-bond donors (Lipinski definition) is 0. The molecule has 8 nitrogen and oxygen atoms in total. The molecule has 1 fully saturated rings. The lowest BCUT2D eigenvalue weighted by atomic mass is 9.94. The molecule has 0 N–H and O–H groups in total. The summed E-state index contributed by atoms with van der Waals surface area (Å²) in [6.07, 6.45) is 7.09. The van der Waals surface area contributed by atoms with Crippen LogP contribution in [0.3, 0.4) is 0 Å². The van der Waals surface area contributed by atoms with Crippen LogP contribution in [0, 0.1) is 0 Å². The molecule has 1 aliphatic rings. The molecule has 2 heterocycles. The first kappa shape index (κ1) is 24.1. The van der Waals surface area contributed by atoms with Gasteiger partial charge in [-0.25, -0.2) is 9.78 Å². The highest BCUT2D eigenvalue weighted by molar-refractivity contribution is 8.00. The normalized spacial score (nSPS) is 15.3. The van der Waals surface area contributed by atoms with E-state index in [0.717, 1.165) is 25.7 Å². The van der Waals surface area contributed by atoms with Crippen molar-refractivity contribution >= 4 is 34.5 Å². The molecule has 0 radical (unpaired) electrons. The number of nitrogens with zero attached hydrogens (tertiary/aromatic N) is 3. The molecule has 0 spiro atoms. The fourth-order valence-electron chi connectivity index (χ4n) is 4.38. The Labute approximate surface area is 202 Å². The maximum Gasteiger partial charge on any atom is 0.337 e. The summed E-state index contributed by atoms with van der Waals surface area (Å²) in [7, 11) is 3.17. The van der Waals surface area contributed by atoms with E-state index in [2.05, 4.69) is 0 Å². The molecule has 2 aromatic heterocycles. The molecule has 3 aromatic rings. The molecule has 1 aliphatic carbocycles. The third-order valence-corrected chi connectivity index (χ3v) is 7.41. The second-order valence-corrected chi connectivity index (χ2v) is 9.90. The predicted molar refractivity (Wildman–Crippen MR) is 130 cm³/mol. The molecular formula is C25H29N3O5S. The number of furan rings is 1. The minimum atomic E-state index is -0.504. The van der Waals surface area contributed by atoms with E-state index in [1.807, 2.05) is 18.9 Å². The fraction of sp³-hybridized carbons (Fsp3) is 0.440. The molecule has 4 rings (SSSR count). The predicted octanol–water partition coefficient (Wildman–Crippen LogP) is 4.10. The van der Waals surface area contributed by atoms with Crippen molar-refractivity contribution in [3.05, 3.63) is 58.3 Å². The highest BCUT2D eigenvalue weighted by atomic mass is 32.2.